The zero-order valence-electron chi connectivity index (χ0n) is 18.0. The molecule has 7 nitrogen and oxygen atoms in total. The molecule has 0 spiro atoms. The molecule has 176 valence electrons. The maximum absolute atomic E-state index is 12.6. The molecule has 10 heteroatoms. The first-order chi connectivity index (χ1) is 16.3. The molecule has 0 aliphatic rings. The molecule has 0 radical (unpaired) electrons. The van der Waals surface area contributed by atoms with Crippen molar-refractivity contribution in [1.29, 1.82) is 0 Å². The van der Waals surface area contributed by atoms with Crippen LogP contribution in [0, 0.1) is 6.92 Å². The number of nitrogens with one attached hydrogen (secondary N) is 3. The highest BCUT2D eigenvalue weighted by Gasteiger charge is 2.15. The number of hydrogen-bond donors (Lipinski definition) is 3. The summed E-state index contributed by atoms with van der Waals surface area (Å²) in [6, 6.07) is 19.1. The number of ether oxygens (including phenoxy) is 1. The van der Waals surface area contributed by atoms with Crippen LogP contribution in [0.1, 0.15) is 26.3 Å². The monoisotopic (exact) mass is 485 g/mol. The number of aryl methyl sites for hydroxylation is 1. The third kappa shape index (κ3) is 7.04. The predicted molar refractivity (Wildman–Crippen MR) is 125 cm³/mol. The van der Waals surface area contributed by atoms with Crippen molar-refractivity contribution in [3.8, 4) is 5.75 Å². The van der Waals surface area contributed by atoms with Gasteiger partial charge < -0.3 is 10.1 Å². The van der Waals surface area contributed by atoms with Crippen molar-refractivity contribution in [2.45, 2.75) is 17.6 Å². The lowest BCUT2D eigenvalue weighted by Gasteiger charge is -2.13. The Kier molecular flexibility index (Phi) is 8.58. The number of anilines is 1. The van der Waals surface area contributed by atoms with E-state index in [0.29, 0.717) is 27.9 Å². The van der Waals surface area contributed by atoms with Gasteiger partial charge in [-0.2, -0.15) is 8.78 Å². The van der Waals surface area contributed by atoms with Crippen molar-refractivity contribution in [2.75, 3.05) is 11.9 Å². The Bertz CT molecular complexity index is 1170. The van der Waals surface area contributed by atoms with Gasteiger partial charge >= 0.3 is 0 Å². The van der Waals surface area contributed by atoms with Crippen LogP contribution in [-0.4, -0.2) is 30.1 Å². The summed E-state index contributed by atoms with van der Waals surface area (Å²) in [7, 11) is 0. The van der Waals surface area contributed by atoms with Gasteiger partial charge in [0.1, 0.15) is 5.75 Å². The number of thioether (sulfide) groups is 1. The van der Waals surface area contributed by atoms with E-state index in [1.807, 2.05) is 0 Å². The lowest BCUT2D eigenvalue weighted by Crippen LogP contribution is -2.42. The molecule has 0 atom stereocenters. The molecule has 0 aliphatic carbocycles. The normalized spacial score (nSPS) is 10.5. The van der Waals surface area contributed by atoms with Crippen LogP contribution in [-0.2, 0) is 4.79 Å². The van der Waals surface area contributed by atoms with Gasteiger partial charge in [-0.3, -0.25) is 25.2 Å². The molecule has 3 rings (SSSR count). The number of benzene rings is 3. The van der Waals surface area contributed by atoms with Crippen LogP contribution < -0.4 is 20.9 Å². The third-order valence-corrected chi connectivity index (χ3v) is 5.26. The van der Waals surface area contributed by atoms with Gasteiger partial charge in [0.2, 0.25) is 0 Å². The van der Waals surface area contributed by atoms with E-state index < -0.39 is 30.1 Å². The van der Waals surface area contributed by atoms with Crippen LogP contribution in [0.5, 0.6) is 5.75 Å². The number of halogens is 2. The minimum Gasteiger partial charge on any atom is -0.483 e. The number of alkyl halides is 2. The van der Waals surface area contributed by atoms with E-state index in [1.54, 1.807) is 43.3 Å². The Morgan fingerprint density at radius 3 is 2.09 bits per heavy atom. The zero-order valence-corrected chi connectivity index (χ0v) is 18.8. The summed E-state index contributed by atoms with van der Waals surface area (Å²) in [5, 5.41) is 2.59. The molecule has 0 saturated carbocycles. The fourth-order valence-electron chi connectivity index (χ4n) is 2.92. The highest BCUT2D eigenvalue weighted by molar-refractivity contribution is 7.99. The molecular formula is C24H21F2N3O4S. The molecule has 34 heavy (non-hydrogen) atoms. The van der Waals surface area contributed by atoms with Gasteiger partial charge in [0.25, 0.3) is 23.5 Å². The highest BCUT2D eigenvalue weighted by atomic mass is 32.2. The SMILES string of the molecule is Cc1ccccc1C(=O)NNC(=O)c1ccccc1OCC(=O)Nc1ccc(SC(F)F)cc1. The summed E-state index contributed by atoms with van der Waals surface area (Å²) in [6.45, 7) is 1.38. The molecule has 0 saturated heterocycles. The van der Waals surface area contributed by atoms with Crippen LogP contribution in [0.25, 0.3) is 0 Å². The molecule has 0 bridgehead atoms. The van der Waals surface area contributed by atoms with Gasteiger partial charge in [-0.05, 0) is 55.0 Å². The van der Waals surface area contributed by atoms with Crippen molar-refractivity contribution < 1.29 is 27.9 Å². The molecule has 3 aromatic carbocycles. The van der Waals surface area contributed by atoms with E-state index in [0.717, 1.165) is 5.56 Å². The number of hydrazine groups is 1. The predicted octanol–water partition coefficient (Wildman–Crippen LogP) is 4.40. The fourth-order valence-corrected chi connectivity index (χ4v) is 3.41. The maximum atomic E-state index is 12.6. The first-order valence-electron chi connectivity index (χ1n) is 10.1. The molecule has 0 aliphatic heterocycles. The van der Waals surface area contributed by atoms with E-state index in [9.17, 15) is 23.2 Å². The summed E-state index contributed by atoms with van der Waals surface area (Å²) in [6.07, 6.45) is 0. The molecular weight excluding hydrogens is 464 g/mol. The topological polar surface area (TPSA) is 96.5 Å². The Labute approximate surface area is 198 Å². The summed E-state index contributed by atoms with van der Waals surface area (Å²) >= 11 is 0.408. The molecule has 3 N–H and O–H groups in total. The zero-order chi connectivity index (χ0) is 24.5. The van der Waals surface area contributed by atoms with Crippen LogP contribution in [0.4, 0.5) is 14.5 Å². The van der Waals surface area contributed by atoms with Gasteiger partial charge in [-0.25, -0.2) is 0 Å². The van der Waals surface area contributed by atoms with Gasteiger partial charge in [0.15, 0.2) is 6.61 Å². The van der Waals surface area contributed by atoms with Crippen molar-refractivity contribution in [3.63, 3.8) is 0 Å². The van der Waals surface area contributed by atoms with Gasteiger partial charge in [-0.1, -0.05) is 42.1 Å². The number of carbonyl (C=O) groups is 3. The van der Waals surface area contributed by atoms with Crippen molar-refractivity contribution >= 4 is 35.2 Å². The van der Waals surface area contributed by atoms with E-state index in [2.05, 4.69) is 16.2 Å². The summed E-state index contributed by atoms with van der Waals surface area (Å²) in [4.78, 5) is 37.5. The molecule has 0 aromatic heterocycles. The smallest absolute Gasteiger partial charge is 0.288 e. The standard InChI is InChI=1S/C24H21F2N3O4S/c1-15-6-2-3-7-18(15)22(31)28-29-23(32)19-8-4-5-9-20(19)33-14-21(30)27-16-10-12-17(13-11-16)34-24(25)26/h2-13,24H,14H2,1H3,(H,27,30)(H,28,31)(H,29,32). The fraction of sp³-hybridized carbons (Fsp3) is 0.125. The number of amides is 3. The Hall–Kier alpha value is -3.92. The van der Waals surface area contributed by atoms with Crippen LogP contribution in [0.15, 0.2) is 77.7 Å². The van der Waals surface area contributed by atoms with Crippen LogP contribution in [0.3, 0.4) is 0 Å². The molecule has 0 heterocycles. The van der Waals surface area contributed by atoms with E-state index in [4.69, 9.17) is 4.74 Å². The number of hydrogen-bond acceptors (Lipinski definition) is 5. The summed E-state index contributed by atoms with van der Waals surface area (Å²) in [5.41, 5.74) is 6.40. The molecule has 0 fully saturated rings. The molecule has 3 aromatic rings. The first kappa shape index (κ1) is 24.7. The summed E-state index contributed by atoms with van der Waals surface area (Å²) in [5.74, 6) is -3.98. The van der Waals surface area contributed by atoms with E-state index >= 15 is 0 Å². The van der Waals surface area contributed by atoms with Gasteiger partial charge in [0.05, 0.1) is 5.56 Å². The average molecular weight is 486 g/mol. The second kappa shape index (κ2) is 11.8. The van der Waals surface area contributed by atoms with E-state index in [1.165, 1.54) is 36.4 Å². The lowest BCUT2D eigenvalue weighted by atomic mass is 10.1. The summed E-state index contributed by atoms with van der Waals surface area (Å²) < 4.78 is 30.3. The minimum absolute atomic E-state index is 0.119. The Balaban J connectivity index is 1.55. The largest absolute Gasteiger partial charge is 0.483 e. The number of rotatable bonds is 8. The minimum atomic E-state index is -2.53. The Morgan fingerprint density at radius 2 is 1.44 bits per heavy atom. The molecule has 3 amide bonds. The van der Waals surface area contributed by atoms with Crippen molar-refractivity contribution in [1.82, 2.24) is 10.9 Å². The molecule has 0 unspecified atom stereocenters. The second-order valence-corrected chi connectivity index (χ2v) is 8.02. The lowest BCUT2D eigenvalue weighted by molar-refractivity contribution is -0.118. The van der Waals surface area contributed by atoms with Crippen molar-refractivity contribution in [2.24, 2.45) is 0 Å². The quantitative estimate of drug-likeness (QED) is 0.325. The maximum Gasteiger partial charge on any atom is 0.288 e. The van der Waals surface area contributed by atoms with Crippen molar-refractivity contribution in [3.05, 3.63) is 89.5 Å². The first-order valence-corrected chi connectivity index (χ1v) is 10.9. The number of carbonyl (C=O) groups excluding carboxylic acids is 3. The van der Waals surface area contributed by atoms with Gasteiger partial charge in [-0.15, -0.1) is 0 Å². The van der Waals surface area contributed by atoms with Crippen LogP contribution in [0.2, 0.25) is 0 Å². The second-order valence-electron chi connectivity index (χ2n) is 6.96. The number of para-hydroxylation sites is 1. The average Bonchev–Trinajstić information content (AvgIpc) is 2.82. The third-order valence-electron chi connectivity index (χ3n) is 4.53. The van der Waals surface area contributed by atoms with E-state index in [-0.39, 0.29) is 11.3 Å². The van der Waals surface area contributed by atoms with Gasteiger partial charge in [0, 0.05) is 16.1 Å². The highest BCUT2D eigenvalue weighted by Crippen LogP contribution is 2.26. The Morgan fingerprint density at radius 1 is 0.853 bits per heavy atom. The van der Waals surface area contributed by atoms with Crippen LogP contribution >= 0.6 is 11.8 Å².